The summed E-state index contributed by atoms with van der Waals surface area (Å²) in [5, 5.41) is 2.83. The molecule has 0 aromatic heterocycles. The number of carbonyl (C=O) groups excluding carboxylic acids is 1. The van der Waals surface area contributed by atoms with Gasteiger partial charge >= 0.3 is 0 Å². The van der Waals surface area contributed by atoms with E-state index in [2.05, 4.69) is 5.32 Å². The van der Waals surface area contributed by atoms with Crippen LogP contribution in [0.15, 0.2) is 23.1 Å². The normalized spacial score (nSPS) is 19.1. The SMILES string of the molecule is COc1ccc(S(=O)(=O)N2CCOCC2)cc1NC(=O)CCC1CCCC1. The molecular formula is C19H28N2O5S. The molecule has 0 atom stereocenters. The molecule has 1 aromatic carbocycles. The molecule has 0 unspecified atom stereocenters. The van der Waals surface area contributed by atoms with Crippen molar-refractivity contribution in [1.82, 2.24) is 4.31 Å². The zero-order valence-electron chi connectivity index (χ0n) is 15.8. The van der Waals surface area contributed by atoms with Gasteiger partial charge in [-0.3, -0.25) is 4.79 Å². The Balaban J connectivity index is 1.71. The fourth-order valence-corrected chi connectivity index (χ4v) is 5.16. The molecule has 1 amide bonds. The monoisotopic (exact) mass is 396 g/mol. The van der Waals surface area contributed by atoms with E-state index < -0.39 is 10.0 Å². The lowest BCUT2D eigenvalue weighted by molar-refractivity contribution is -0.116. The van der Waals surface area contributed by atoms with Crippen molar-refractivity contribution in [2.45, 2.75) is 43.4 Å². The first kappa shape index (κ1) is 20.1. The number of rotatable bonds is 7. The van der Waals surface area contributed by atoms with Gasteiger partial charge < -0.3 is 14.8 Å². The predicted octanol–water partition coefficient (Wildman–Crippen LogP) is 2.63. The van der Waals surface area contributed by atoms with Crippen LogP contribution in [0.1, 0.15) is 38.5 Å². The minimum absolute atomic E-state index is 0.110. The molecule has 0 spiro atoms. The average molecular weight is 397 g/mol. The number of nitrogens with one attached hydrogen (secondary N) is 1. The number of morpholine rings is 1. The zero-order valence-corrected chi connectivity index (χ0v) is 16.6. The average Bonchev–Trinajstić information content (AvgIpc) is 3.20. The molecule has 1 saturated heterocycles. The first-order valence-electron chi connectivity index (χ1n) is 9.56. The highest BCUT2D eigenvalue weighted by Gasteiger charge is 2.27. The summed E-state index contributed by atoms with van der Waals surface area (Å²) in [4.78, 5) is 12.5. The van der Waals surface area contributed by atoms with Gasteiger partial charge in [-0.25, -0.2) is 8.42 Å². The Kier molecular flexibility index (Phi) is 6.73. The summed E-state index contributed by atoms with van der Waals surface area (Å²) in [6.07, 6.45) is 6.21. The molecule has 0 radical (unpaired) electrons. The van der Waals surface area contributed by atoms with Crippen molar-refractivity contribution in [3.63, 3.8) is 0 Å². The van der Waals surface area contributed by atoms with Crippen LogP contribution in [-0.2, 0) is 19.6 Å². The van der Waals surface area contributed by atoms with Gasteiger partial charge in [-0.05, 0) is 30.5 Å². The lowest BCUT2D eigenvalue weighted by atomic mass is 10.0. The second-order valence-corrected chi connectivity index (χ2v) is 9.05. The number of carbonyl (C=O) groups is 1. The molecule has 0 bridgehead atoms. The number of ether oxygens (including phenoxy) is 2. The number of anilines is 1. The first-order valence-corrected chi connectivity index (χ1v) is 11.0. The molecule has 1 aliphatic heterocycles. The molecular weight excluding hydrogens is 368 g/mol. The molecule has 1 heterocycles. The number of hydrogen-bond acceptors (Lipinski definition) is 5. The molecule has 27 heavy (non-hydrogen) atoms. The van der Waals surface area contributed by atoms with E-state index in [0.717, 1.165) is 6.42 Å². The minimum atomic E-state index is -3.62. The topological polar surface area (TPSA) is 84.9 Å². The second kappa shape index (κ2) is 9.03. The molecule has 2 aliphatic rings. The number of sulfonamides is 1. The van der Waals surface area contributed by atoms with Gasteiger partial charge in [0.05, 0.1) is 30.9 Å². The van der Waals surface area contributed by atoms with Gasteiger partial charge in [0, 0.05) is 19.5 Å². The van der Waals surface area contributed by atoms with E-state index in [1.165, 1.54) is 49.2 Å². The summed E-state index contributed by atoms with van der Waals surface area (Å²) < 4.78 is 37.6. The Morgan fingerprint density at radius 3 is 2.63 bits per heavy atom. The summed E-state index contributed by atoms with van der Waals surface area (Å²) in [5.74, 6) is 0.969. The van der Waals surface area contributed by atoms with Crippen molar-refractivity contribution < 1.29 is 22.7 Å². The second-order valence-electron chi connectivity index (χ2n) is 7.12. The third kappa shape index (κ3) is 5.00. The maximum absolute atomic E-state index is 12.8. The van der Waals surface area contributed by atoms with Crippen molar-refractivity contribution in [3.8, 4) is 5.75 Å². The maximum atomic E-state index is 12.8. The summed E-state index contributed by atoms with van der Waals surface area (Å²) in [6, 6.07) is 4.58. The Bertz CT molecular complexity index is 753. The minimum Gasteiger partial charge on any atom is -0.495 e. The number of benzene rings is 1. The van der Waals surface area contributed by atoms with Crippen molar-refractivity contribution in [2.24, 2.45) is 5.92 Å². The molecule has 8 heteroatoms. The molecule has 1 N–H and O–H groups in total. The van der Waals surface area contributed by atoms with Gasteiger partial charge in [0.1, 0.15) is 5.75 Å². The third-order valence-electron chi connectivity index (χ3n) is 5.31. The lowest BCUT2D eigenvalue weighted by Crippen LogP contribution is -2.40. The highest BCUT2D eigenvalue weighted by molar-refractivity contribution is 7.89. The predicted molar refractivity (Wildman–Crippen MR) is 102 cm³/mol. The van der Waals surface area contributed by atoms with Crippen LogP contribution in [0.2, 0.25) is 0 Å². The quantitative estimate of drug-likeness (QED) is 0.766. The Hall–Kier alpha value is -1.64. The summed E-state index contributed by atoms with van der Waals surface area (Å²) in [6.45, 7) is 1.44. The number of hydrogen-bond donors (Lipinski definition) is 1. The molecule has 150 valence electrons. The van der Waals surface area contributed by atoms with Gasteiger partial charge in [-0.2, -0.15) is 4.31 Å². The zero-order chi connectivity index (χ0) is 19.3. The number of methoxy groups -OCH3 is 1. The third-order valence-corrected chi connectivity index (χ3v) is 7.20. The summed E-state index contributed by atoms with van der Waals surface area (Å²) >= 11 is 0. The van der Waals surface area contributed by atoms with Crippen LogP contribution in [0.3, 0.4) is 0 Å². The van der Waals surface area contributed by atoms with E-state index >= 15 is 0 Å². The largest absolute Gasteiger partial charge is 0.495 e. The molecule has 1 aromatic rings. The lowest BCUT2D eigenvalue weighted by Gasteiger charge is -2.26. The van der Waals surface area contributed by atoms with Crippen LogP contribution in [0, 0.1) is 5.92 Å². The van der Waals surface area contributed by atoms with Crippen LogP contribution in [0.25, 0.3) is 0 Å². The van der Waals surface area contributed by atoms with Crippen LogP contribution in [0.4, 0.5) is 5.69 Å². The smallest absolute Gasteiger partial charge is 0.243 e. The van der Waals surface area contributed by atoms with Gasteiger partial charge in [0.2, 0.25) is 15.9 Å². The number of nitrogens with zero attached hydrogens (tertiary/aromatic N) is 1. The summed E-state index contributed by atoms with van der Waals surface area (Å²) in [7, 11) is -2.12. The van der Waals surface area contributed by atoms with E-state index in [4.69, 9.17) is 9.47 Å². The summed E-state index contributed by atoms with van der Waals surface area (Å²) in [5.41, 5.74) is 0.392. The standard InChI is InChI=1S/C19H28N2O5S/c1-25-18-8-7-16(27(23,24)21-10-12-26-13-11-21)14-17(18)20-19(22)9-6-15-4-2-3-5-15/h7-8,14-15H,2-6,9-13H2,1H3,(H,20,22). The van der Waals surface area contributed by atoms with Crippen molar-refractivity contribution >= 4 is 21.6 Å². The maximum Gasteiger partial charge on any atom is 0.243 e. The fourth-order valence-electron chi connectivity index (χ4n) is 3.73. The Labute approximate surface area is 161 Å². The van der Waals surface area contributed by atoms with E-state index in [0.29, 0.717) is 50.1 Å². The van der Waals surface area contributed by atoms with Gasteiger partial charge in [0.15, 0.2) is 0 Å². The number of amides is 1. The van der Waals surface area contributed by atoms with Crippen LogP contribution >= 0.6 is 0 Å². The van der Waals surface area contributed by atoms with Crippen molar-refractivity contribution in [1.29, 1.82) is 0 Å². The fraction of sp³-hybridized carbons (Fsp3) is 0.632. The van der Waals surface area contributed by atoms with Crippen LogP contribution in [-0.4, -0.2) is 52.0 Å². The highest BCUT2D eigenvalue weighted by atomic mass is 32.2. The van der Waals surface area contributed by atoms with Crippen LogP contribution < -0.4 is 10.1 Å². The first-order chi connectivity index (χ1) is 13.0. The van der Waals surface area contributed by atoms with Gasteiger partial charge in [-0.15, -0.1) is 0 Å². The Morgan fingerprint density at radius 2 is 1.96 bits per heavy atom. The Morgan fingerprint density at radius 1 is 1.26 bits per heavy atom. The molecule has 2 fully saturated rings. The van der Waals surface area contributed by atoms with E-state index in [1.54, 1.807) is 6.07 Å². The molecule has 1 saturated carbocycles. The van der Waals surface area contributed by atoms with Gasteiger partial charge in [0.25, 0.3) is 0 Å². The molecule has 3 rings (SSSR count). The van der Waals surface area contributed by atoms with Gasteiger partial charge in [-0.1, -0.05) is 25.7 Å². The molecule has 7 nitrogen and oxygen atoms in total. The van der Waals surface area contributed by atoms with E-state index in [9.17, 15) is 13.2 Å². The van der Waals surface area contributed by atoms with Crippen LogP contribution in [0.5, 0.6) is 5.75 Å². The van der Waals surface area contributed by atoms with Crippen molar-refractivity contribution in [3.05, 3.63) is 18.2 Å². The molecule has 1 aliphatic carbocycles. The van der Waals surface area contributed by atoms with E-state index in [-0.39, 0.29) is 10.8 Å². The van der Waals surface area contributed by atoms with E-state index in [1.807, 2.05) is 0 Å². The highest BCUT2D eigenvalue weighted by Crippen LogP contribution is 2.31. The van der Waals surface area contributed by atoms with Crippen molar-refractivity contribution in [2.75, 3.05) is 38.7 Å².